The molecule has 0 aliphatic carbocycles. The molecule has 112 valence electrons. The Morgan fingerprint density at radius 2 is 1.91 bits per heavy atom. The zero-order valence-electron chi connectivity index (χ0n) is 12.3. The van der Waals surface area contributed by atoms with Gasteiger partial charge in [0.1, 0.15) is 0 Å². The van der Waals surface area contributed by atoms with Crippen LogP contribution in [0.3, 0.4) is 0 Å². The van der Waals surface area contributed by atoms with Crippen LogP contribution >= 0.6 is 0 Å². The molecule has 3 aromatic rings. The number of fused-ring (bicyclic) bond motifs is 1. The summed E-state index contributed by atoms with van der Waals surface area (Å²) in [6, 6.07) is 15.2. The third kappa shape index (κ3) is 2.61. The molecule has 1 heterocycles. The third-order valence-electron chi connectivity index (χ3n) is 3.60. The van der Waals surface area contributed by atoms with E-state index < -0.39 is 0 Å². The normalized spacial score (nSPS) is 10.8. The number of rotatable bonds is 4. The second kappa shape index (κ2) is 6.03. The maximum absolute atomic E-state index is 11.7. The Labute approximate surface area is 128 Å². The molecule has 0 aliphatic heterocycles. The van der Waals surface area contributed by atoms with Crippen LogP contribution in [-0.4, -0.2) is 22.2 Å². The maximum atomic E-state index is 11.7. The third-order valence-corrected chi connectivity index (χ3v) is 3.60. The molecule has 0 saturated heterocycles. The summed E-state index contributed by atoms with van der Waals surface area (Å²) >= 11 is 0. The molecule has 0 spiro atoms. The predicted molar refractivity (Wildman–Crippen MR) is 85.2 cm³/mol. The SMILES string of the molecule is CCOC(=O)c1ccc(-n2ccc3ccc(CO)cc32)cc1. The van der Waals surface area contributed by atoms with E-state index in [1.54, 1.807) is 19.1 Å². The first-order valence-electron chi connectivity index (χ1n) is 7.21. The lowest BCUT2D eigenvalue weighted by atomic mass is 10.1. The van der Waals surface area contributed by atoms with E-state index in [1.807, 2.05) is 47.2 Å². The molecule has 1 aromatic heterocycles. The first-order chi connectivity index (χ1) is 10.7. The molecule has 0 fully saturated rings. The number of nitrogens with zero attached hydrogens (tertiary/aromatic N) is 1. The number of aliphatic hydroxyl groups excluding tert-OH is 1. The van der Waals surface area contributed by atoms with Crippen molar-refractivity contribution in [1.82, 2.24) is 4.57 Å². The summed E-state index contributed by atoms with van der Waals surface area (Å²) in [6.07, 6.45) is 1.98. The Kier molecular flexibility index (Phi) is 3.94. The van der Waals surface area contributed by atoms with Crippen molar-refractivity contribution in [3.8, 4) is 5.69 Å². The lowest BCUT2D eigenvalue weighted by molar-refractivity contribution is 0.0526. The first kappa shape index (κ1) is 14.4. The fourth-order valence-corrected chi connectivity index (χ4v) is 2.47. The van der Waals surface area contributed by atoms with Crippen LogP contribution in [0.1, 0.15) is 22.8 Å². The van der Waals surface area contributed by atoms with Crippen molar-refractivity contribution in [3.05, 3.63) is 65.9 Å². The van der Waals surface area contributed by atoms with Gasteiger partial charge in [-0.1, -0.05) is 12.1 Å². The lowest BCUT2D eigenvalue weighted by Gasteiger charge is -2.08. The van der Waals surface area contributed by atoms with E-state index in [9.17, 15) is 9.90 Å². The molecular weight excluding hydrogens is 278 g/mol. The van der Waals surface area contributed by atoms with Crippen LogP contribution in [0.15, 0.2) is 54.7 Å². The highest BCUT2D eigenvalue weighted by Crippen LogP contribution is 2.22. The summed E-state index contributed by atoms with van der Waals surface area (Å²) in [5.74, 6) is -0.311. The van der Waals surface area contributed by atoms with Crippen LogP contribution in [0.5, 0.6) is 0 Å². The fraction of sp³-hybridized carbons (Fsp3) is 0.167. The van der Waals surface area contributed by atoms with E-state index in [1.165, 1.54) is 0 Å². The van der Waals surface area contributed by atoms with Crippen molar-refractivity contribution < 1.29 is 14.6 Å². The summed E-state index contributed by atoms with van der Waals surface area (Å²) in [6.45, 7) is 2.17. The van der Waals surface area contributed by atoms with Crippen molar-refractivity contribution in [2.75, 3.05) is 6.61 Å². The van der Waals surface area contributed by atoms with Gasteiger partial charge in [-0.05, 0) is 54.3 Å². The Morgan fingerprint density at radius 1 is 1.14 bits per heavy atom. The Balaban J connectivity index is 1.99. The van der Waals surface area contributed by atoms with Crippen molar-refractivity contribution >= 4 is 16.9 Å². The van der Waals surface area contributed by atoms with E-state index in [0.29, 0.717) is 12.2 Å². The van der Waals surface area contributed by atoms with Crippen LogP contribution < -0.4 is 0 Å². The number of aromatic nitrogens is 1. The number of carbonyl (C=O) groups is 1. The Morgan fingerprint density at radius 3 is 2.59 bits per heavy atom. The number of hydrogen-bond acceptors (Lipinski definition) is 3. The molecule has 4 nitrogen and oxygen atoms in total. The smallest absolute Gasteiger partial charge is 0.338 e. The second-order valence-corrected chi connectivity index (χ2v) is 5.00. The molecule has 0 unspecified atom stereocenters. The van der Waals surface area contributed by atoms with Gasteiger partial charge in [-0.3, -0.25) is 0 Å². The van der Waals surface area contributed by atoms with Gasteiger partial charge in [-0.25, -0.2) is 4.79 Å². The lowest BCUT2D eigenvalue weighted by Crippen LogP contribution is -2.04. The highest BCUT2D eigenvalue weighted by molar-refractivity contribution is 5.90. The van der Waals surface area contributed by atoms with E-state index in [0.717, 1.165) is 22.2 Å². The molecule has 0 amide bonds. The highest BCUT2D eigenvalue weighted by Gasteiger charge is 2.08. The molecule has 4 heteroatoms. The molecule has 22 heavy (non-hydrogen) atoms. The van der Waals surface area contributed by atoms with Gasteiger partial charge in [0.2, 0.25) is 0 Å². The van der Waals surface area contributed by atoms with Crippen molar-refractivity contribution in [2.24, 2.45) is 0 Å². The average molecular weight is 295 g/mol. The van der Waals surface area contributed by atoms with Crippen molar-refractivity contribution in [3.63, 3.8) is 0 Å². The van der Waals surface area contributed by atoms with Gasteiger partial charge >= 0.3 is 5.97 Å². The van der Waals surface area contributed by atoms with Crippen LogP contribution in [0, 0.1) is 0 Å². The molecule has 1 N–H and O–H groups in total. The molecule has 3 rings (SSSR count). The zero-order valence-corrected chi connectivity index (χ0v) is 12.3. The van der Waals surface area contributed by atoms with Crippen molar-refractivity contribution in [2.45, 2.75) is 13.5 Å². The van der Waals surface area contributed by atoms with Gasteiger partial charge in [-0.15, -0.1) is 0 Å². The monoisotopic (exact) mass is 295 g/mol. The molecule has 0 atom stereocenters. The van der Waals surface area contributed by atoms with Gasteiger partial charge < -0.3 is 14.4 Å². The minimum absolute atomic E-state index is 0.0168. The summed E-state index contributed by atoms with van der Waals surface area (Å²) in [7, 11) is 0. The van der Waals surface area contributed by atoms with E-state index in [-0.39, 0.29) is 12.6 Å². The summed E-state index contributed by atoms with van der Waals surface area (Å²) in [4.78, 5) is 11.7. The molecule has 2 aromatic carbocycles. The zero-order chi connectivity index (χ0) is 15.5. The van der Waals surface area contributed by atoms with Crippen LogP contribution in [-0.2, 0) is 11.3 Å². The number of ether oxygens (including phenoxy) is 1. The van der Waals surface area contributed by atoms with Gasteiger partial charge in [0.25, 0.3) is 0 Å². The number of esters is 1. The minimum atomic E-state index is -0.311. The van der Waals surface area contributed by atoms with E-state index >= 15 is 0 Å². The number of hydrogen-bond donors (Lipinski definition) is 1. The summed E-state index contributed by atoms with van der Waals surface area (Å²) in [5.41, 5.74) is 3.39. The largest absolute Gasteiger partial charge is 0.462 e. The van der Waals surface area contributed by atoms with Crippen LogP contribution in [0.4, 0.5) is 0 Å². The van der Waals surface area contributed by atoms with Gasteiger partial charge in [-0.2, -0.15) is 0 Å². The Hall–Kier alpha value is -2.59. The summed E-state index contributed by atoms with van der Waals surface area (Å²) < 4.78 is 7.02. The molecular formula is C18H17NO3. The molecule has 0 aliphatic rings. The number of aliphatic hydroxyl groups is 1. The topological polar surface area (TPSA) is 51.5 Å². The van der Waals surface area contributed by atoms with Crippen molar-refractivity contribution in [1.29, 1.82) is 0 Å². The highest BCUT2D eigenvalue weighted by atomic mass is 16.5. The van der Waals surface area contributed by atoms with Gasteiger partial charge in [0, 0.05) is 11.9 Å². The number of benzene rings is 2. The average Bonchev–Trinajstić information content (AvgIpc) is 2.98. The van der Waals surface area contributed by atoms with E-state index in [2.05, 4.69) is 0 Å². The second-order valence-electron chi connectivity index (χ2n) is 5.00. The van der Waals surface area contributed by atoms with E-state index in [4.69, 9.17) is 4.74 Å². The van der Waals surface area contributed by atoms with Crippen LogP contribution in [0.25, 0.3) is 16.6 Å². The number of carbonyl (C=O) groups excluding carboxylic acids is 1. The first-order valence-corrected chi connectivity index (χ1v) is 7.21. The van der Waals surface area contributed by atoms with Crippen LogP contribution in [0.2, 0.25) is 0 Å². The fourth-order valence-electron chi connectivity index (χ4n) is 2.47. The summed E-state index contributed by atoms with van der Waals surface area (Å²) in [5, 5.41) is 10.4. The molecule has 0 radical (unpaired) electrons. The molecule has 0 saturated carbocycles. The standard InChI is InChI=1S/C18H17NO3/c1-2-22-18(21)15-5-7-16(8-6-15)19-10-9-14-4-3-13(12-20)11-17(14)19/h3-11,20H,2,12H2,1H3. The van der Waals surface area contributed by atoms with Gasteiger partial charge in [0.15, 0.2) is 0 Å². The quantitative estimate of drug-likeness (QED) is 0.751. The Bertz CT molecular complexity index is 803. The minimum Gasteiger partial charge on any atom is -0.462 e. The maximum Gasteiger partial charge on any atom is 0.338 e. The predicted octanol–water partition coefficient (Wildman–Crippen LogP) is 3.30. The van der Waals surface area contributed by atoms with Gasteiger partial charge in [0.05, 0.1) is 24.3 Å². The molecule has 0 bridgehead atoms.